The van der Waals surface area contributed by atoms with Crippen LogP contribution in [0, 0.1) is 11.3 Å². The first-order valence-electron chi connectivity index (χ1n) is 6.81. The van der Waals surface area contributed by atoms with Crippen LogP contribution in [-0.2, 0) is 4.79 Å². The highest BCUT2D eigenvalue weighted by molar-refractivity contribution is 5.59. The molecule has 4 heteroatoms. The summed E-state index contributed by atoms with van der Waals surface area (Å²) in [6, 6.07) is -0.348. The second kappa shape index (κ2) is 6.23. The summed E-state index contributed by atoms with van der Waals surface area (Å²) in [6.45, 7) is 5.99. The molecule has 1 unspecified atom stereocenters. The lowest BCUT2D eigenvalue weighted by Crippen LogP contribution is -2.46. The van der Waals surface area contributed by atoms with Crippen LogP contribution in [0.5, 0.6) is 0 Å². The fraction of sp³-hybridized carbons (Fsp3) is 0.786. The fourth-order valence-corrected chi connectivity index (χ4v) is 2.52. The van der Waals surface area contributed by atoms with Crippen LogP contribution in [0.25, 0.3) is 0 Å². The van der Waals surface area contributed by atoms with Crippen LogP contribution in [0.4, 0.5) is 0 Å². The van der Waals surface area contributed by atoms with E-state index in [0.717, 1.165) is 24.8 Å². The molecular formula is C14H27N3O. The standard InChI is InChI=1S/C14H27N3O/c1-14(2,3)13(10-18)17(16)9-12(15)11-7-5-4-6-8-11/h9-11,13H,4-8,15-16H2,1-3H3/b12-9-. The number of hydrogen-bond donors (Lipinski definition) is 2. The Kier molecular flexibility index (Phi) is 5.20. The first-order valence-corrected chi connectivity index (χ1v) is 6.81. The lowest BCUT2D eigenvalue weighted by atomic mass is 9.86. The summed E-state index contributed by atoms with van der Waals surface area (Å²) in [5, 5.41) is 1.47. The molecule has 1 saturated carbocycles. The quantitative estimate of drug-likeness (QED) is 0.457. The molecule has 0 aromatic rings. The van der Waals surface area contributed by atoms with Crippen LogP contribution in [0.2, 0.25) is 0 Å². The Morgan fingerprint density at radius 3 is 2.28 bits per heavy atom. The Hall–Kier alpha value is -1.03. The molecule has 1 rings (SSSR count). The molecule has 0 aliphatic heterocycles. The van der Waals surface area contributed by atoms with Crippen molar-refractivity contribution < 1.29 is 4.79 Å². The molecule has 104 valence electrons. The van der Waals surface area contributed by atoms with Crippen molar-refractivity contribution in [3.8, 4) is 0 Å². The lowest BCUT2D eigenvalue weighted by Gasteiger charge is -2.33. The van der Waals surface area contributed by atoms with Gasteiger partial charge in [-0.15, -0.1) is 0 Å². The summed E-state index contributed by atoms with van der Waals surface area (Å²) >= 11 is 0. The third-order valence-electron chi connectivity index (χ3n) is 3.71. The molecule has 1 aliphatic rings. The van der Waals surface area contributed by atoms with Crippen molar-refractivity contribution in [1.82, 2.24) is 5.01 Å². The molecule has 0 aromatic carbocycles. The summed E-state index contributed by atoms with van der Waals surface area (Å²) in [7, 11) is 0. The van der Waals surface area contributed by atoms with Crippen molar-refractivity contribution in [1.29, 1.82) is 0 Å². The lowest BCUT2D eigenvalue weighted by molar-refractivity contribution is -0.114. The highest BCUT2D eigenvalue weighted by Gasteiger charge is 2.28. The average molecular weight is 253 g/mol. The van der Waals surface area contributed by atoms with E-state index in [1.165, 1.54) is 24.3 Å². The number of hydrogen-bond acceptors (Lipinski definition) is 4. The van der Waals surface area contributed by atoms with Gasteiger partial charge in [0.2, 0.25) is 0 Å². The molecule has 18 heavy (non-hydrogen) atoms. The van der Waals surface area contributed by atoms with Gasteiger partial charge in [0.1, 0.15) is 12.3 Å². The summed E-state index contributed by atoms with van der Waals surface area (Å²) in [5.74, 6) is 6.40. The number of hydrazine groups is 1. The van der Waals surface area contributed by atoms with E-state index in [-0.39, 0.29) is 11.5 Å². The van der Waals surface area contributed by atoms with E-state index in [1.54, 1.807) is 6.20 Å². The van der Waals surface area contributed by atoms with Crippen LogP contribution in [0.1, 0.15) is 52.9 Å². The van der Waals surface area contributed by atoms with Gasteiger partial charge >= 0.3 is 0 Å². The van der Waals surface area contributed by atoms with E-state index in [1.807, 2.05) is 20.8 Å². The predicted octanol–water partition coefficient (Wildman–Crippen LogP) is 2.16. The Labute approximate surface area is 110 Å². The van der Waals surface area contributed by atoms with Crippen molar-refractivity contribution in [3.05, 3.63) is 11.9 Å². The highest BCUT2D eigenvalue weighted by Crippen LogP contribution is 2.28. The smallest absolute Gasteiger partial charge is 0.144 e. The van der Waals surface area contributed by atoms with Gasteiger partial charge in [0.05, 0.1) is 0 Å². The molecule has 4 nitrogen and oxygen atoms in total. The van der Waals surface area contributed by atoms with E-state index in [0.29, 0.717) is 5.92 Å². The molecule has 0 amide bonds. The van der Waals surface area contributed by atoms with E-state index < -0.39 is 0 Å². The number of nitrogens with two attached hydrogens (primary N) is 2. The Balaban J connectivity index is 2.70. The zero-order chi connectivity index (χ0) is 13.8. The van der Waals surface area contributed by atoms with Gasteiger partial charge < -0.3 is 15.5 Å². The highest BCUT2D eigenvalue weighted by atomic mass is 16.1. The number of carbonyl (C=O) groups is 1. The molecule has 0 bridgehead atoms. The number of carbonyl (C=O) groups excluding carboxylic acids is 1. The summed E-state index contributed by atoms with van der Waals surface area (Å²) in [5.41, 5.74) is 6.73. The van der Waals surface area contributed by atoms with Crippen LogP contribution in [0.3, 0.4) is 0 Å². The van der Waals surface area contributed by atoms with Gasteiger partial charge in [-0.05, 0) is 24.2 Å². The SMILES string of the molecule is CC(C)(C)C(C=O)N(N)/C=C(\N)C1CCCCC1. The van der Waals surface area contributed by atoms with Crippen molar-refractivity contribution >= 4 is 6.29 Å². The minimum absolute atomic E-state index is 0.195. The molecule has 0 aromatic heterocycles. The van der Waals surface area contributed by atoms with Crippen LogP contribution in [0.15, 0.2) is 11.9 Å². The molecule has 0 heterocycles. The van der Waals surface area contributed by atoms with E-state index in [4.69, 9.17) is 11.6 Å². The van der Waals surface area contributed by atoms with Crippen molar-refractivity contribution in [2.75, 3.05) is 0 Å². The van der Waals surface area contributed by atoms with Crippen LogP contribution in [-0.4, -0.2) is 17.3 Å². The fourth-order valence-electron chi connectivity index (χ4n) is 2.52. The summed E-state index contributed by atoms with van der Waals surface area (Å²) in [6.07, 6.45) is 8.69. The van der Waals surface area contributed by atoms with Crippen molar-refractivity contribution in [3.63, 3.8) is 0 Å². The number of nitrogens with zero attached hydrogens (tertiary/aromatic N) is 1. The molecular weight excluding hydrogens is 226 g/mol. The Bertz CT molecular complexity index is 301. The van der Waals surface area contributed by atoms with Gasteiger partial charge in [-0.2, -0.15) is 0 Å². The minimum Gasteiger partial charge on any atom is -0.401 e. The minimum atomic E-state index is -0.348. The van der Waals surface area contributed by atoms with Gasteiger partial charge in [0.15, 0.2) is 0 Å². The normalized spacial score (nSPS) is 20.6. The zero-order valence-corrected chi connectivity index (χ0v) is 11.9. The first-order chi connectivity index (χ1) is 8.36. The molecule has 4 N–H and O–H groups in total. The largest absolute Gasteiger partial charge is 0.401 e. The number of rotatable bonds is 4. The maximum absolute atomic E-state index is 11.2. The van der Waals surface area contributed by atoms with Gasteiger partial charge in [-0.1, -0.05) is 40.0 Å². The second-order valence-electron chi connectivity index (χ2n) is 6.36. The zero-order valence-electron chi connectivity index (χ0n) is 11.9. The average Bonchev–Trinajstić information content (AvgIpc) is 2.29. The van der Waals surface area contributed by atoms with Crippen LogP contribution < -0.4 is 11.6 Å². The molecule has 0 spiro atoms. The Morgan fingerprint density at radius 2 is 1.83 bits per heavy atom. The van der Waals surface area contributed by atoms with Gasteiger partial charge in [0.25, 0.3) is 0 Å². The van der Waals surface area contributed by atoms with Gasteiger partial charge in [-0.3, -0.25) is 0 Å². The predicted molar refractivity (Wildman–Crippen MR) is 74.2 cm³/mol. The van der Waals surface area contributed by atoms with Gasteiger partial charge in [-0.25, -0.2) is 5.84 Å². The molecule has 1 atom stereocenters. The van der Waals surface area contributed by atoms with Crippen molar-refractivity contribution in [2.45, 2.75) is 58.9 Å². The first kappa shape index (κ1) is 15.0. The topological polar surface area (TPSA) is 72.3 Å². The molecule has 0 saturated heterocycles. The van der Waals surface area contributed by atoms with Gasteiger partial charge in [0, 0.05) is 11.9 Å². The number of allylic oxidation sites excluding steroid dienone is 1. The monoisotopic (exact) mass is 253 g/mol. The van der Waals surface area contributed by atoms with E-state index in [9.17, 15) is 4.79 Å². The Morgan fingerprint density at radius 1 is 1.28 bits per heavy atom. The number of aldehydes is 1. The molecule has 1 aliphatic carbocycles. The molecule has 1 fully saturated rings. The van der Waals surface area contributed by atoms with E-state index >= 15 is 0 Å². The molecule has 0 radical (unpaired) electrons. The summed E-state index contributed by atoms with van der Waals surface area (Å²) in [4.78, 5) is 11.2. The maximum Gasteiger partial charge on any atom is 0.144 e. The third kappa shape index (κ3) is 4.02. The maximum atomic E-state index is 11.2. The third-order valence-corrected chi connectivity index (χ3v) is 3.71. The van der Waals surface area contributed by atoms with E-state index in [2.05, 4.69) is 0 Å². The van der Waals surface area contributed by atoms with Crippen LogP contribution >= 0.6 is 0 Å². The second-order valence-corrected chi connectivity index (χ2v) is 6.36. The van der Waals surface area contributed by atoms with Crippen molar-refractivity contribution in [2.24, 2.45) is 22.9 Å². The summed E-state index contributed by atoms with van der Waals surface area (Å²) < 4.78 is 0.